The lowest BCUT2D eigenvalue weighted by Crippen LogP contribution is -2.40. The van der Waals surface area contributed by atoms with E-state index in [-0.39, 0.29) is 11.8 Å². The van der Waals surface area contributed by atoms with Crippen molar-refractivity contribution < 1.29 is 14.1 Å². The molecule has 4 rings (SSSR count). The second-order valence-electron chi connectivity index (χ2n) is 6.57. The van der Waals surface area contributed by atoms with Crippen molar-refractivity contribution in [1.29, 1.82) is 0 Å². The first kappa shape index (κ1) is 15.2. The van der Waals surface area contributed by atoms with Crippen molar-refractivity contribution in [3.05, 3.63) is 41.0 Å². The topological polar surface area (TPSA) is 68.5 Å². The number of amides is 1. The molecule has 2 aliphatic heterocycles. The van der Waals surface area contributed by atoms with Crippen molar-refractivity contribution in [1.82, 2.24) is 15.0 Å². The van der Waals surface area contributed by atoms with Crippen molar-refractivity contribution >= 4 is 5.91 Å². The molecule has 0 saturated carbocycles. The smallest absolute Gasteiger partial charge is 0.227 e. The van der Waals surface area contributed by atoms with E-state index < -0.39 is 0 Å². The molecule has 1 aromatic carbocycles. The standard InChI is InChI=1S/C18H21N3O3/c1-12-19-18(20-24-12)15-3-2-7-21(11-15)17(22)10-13-4-5-16-14(9-13)6-8-23-16/h4-5,9,15H,2-3,6-8,10-11H2,1H3/t15-/m1/s1. The molecule has 0 spiro atoms. The van der Waals surface area contributed by atoms with Crippen LogP contribution in [0.2, 0.25) is 0 Å². The van der Waals surface area contributed by atoms with Crippen molar-refractivity contribution in [3.8, 4) is 5.75 Å². The van der Waals surface area contributed by atoms with Gasteiger partial charge in [0.05, 0.1) is 13.0 Å². The van der Waals surface area contributed by atoms with E-state index in [9.17, 15) is 4.79 Å². The van der Waals surface area contributed by atoms with Gasteiger partial charge in [-0.1, -0.05) is 17.3 Å². The molecule has 0 radical (unpaired) electrons. The summed E-state index contributed by atoms with van der Waals surface area (Å²) in [6, 6.07) is 6.07. The van der Waals surface area contributed by atoms with E-state index in [4.69, 9.17) is 9.26 Å². The molecule has 1 fully saturated rings. The predicted molar refractivity (Wildman–Crippen MR) is 86.9 cm³/mol. The van der Waals surface area contributed by atoms with Gasteiger partial charge in [-0.2, -0.15) is 4.98 Å². The summed E-state index contributed by atoms with van der Waals surface area (Å²) in [5, 5.41) is 4.02. The van der Waals surface area contributed by atoms with E-state index in [0.717, 1.165) is 49.6 Å². The van der Waals surface area contributed by atoms with Gasteiger partial charge in [0.2, 0.25) is 11.8 Å². The number of rotatable bonds is 3. The highest BCUT2D eigenvalue weighted by atomic mass is 16.5. The van der Waals surface area contributed by atoms with Crippen LogP contribution in [0.3, 0.4) is 0 Å². The Bertz CT molecular complexity index is 756. The van der Waals surface area contributed by atoms with Crippen LogP contribution in [0.5, 0.6) is 5.75 Å². The highest BCUT2D eigenvalue weighted by Gasteiger charge is 2.27. The summed E-state index contributed by atoms with van der Waals surface area (Å²) in [6.07, 6.45) is 3.34. The fraction of sp³-hybridized carbons (Fsp3) is 0.500. The van der Waals surface area contributed by atoms with E-state index >= 15 is 0 Å². The number of piperidine rings is 1. The average molecular weight is 327 g/mol. The van der Waals surface area contributed by atoms with Crippen LogP contribution in [0.1, 0.15) is 41.6 Å². The molecule has 2 aliphatic rings. The van der Waals surface area contributed by atoms with Crippen LogP contribution in [0, 0.1) is 6.92 Å². The van der Waals surface area contributed by atoms with Gasteiger partial charge in [0.25, 0.3) is 0 Å². The zero-order valence-corrected chi connectivity index (χ0v) is 13.8. The molecule has 1 atom stereocenters. The number of aromatic nitrogens is 2. The predicted octanol–water partition coefficient (Wildman–Crippen LogP) is 2.26. The molecule has 0 aliphatic carbocycles. The summed E-state index contributed by atoms with van der Waals surface area (Å²) in [5.74, 6) is 2.59. The highest BCUT2D eigenvalue weighted by Crippen LogP contribution is 2.28. The molecule has 0 bridgehead atoms. The average Bonchev–Trinajstić information content (AvgIpc) is 3.23. The summed E-state index contributed by atoms with van der Waals surface area (Å²) >= 11 is 0. The quantitative estimate of drug-likeness (QED) is 0.865. The Morgan fingerprint density at radius 2 is 2.33 bits per heavy atom. The Kier molecular flexibility index (Phi) is 3.96. The third-order valence-electron chi connectivity index (χ3n) is 4.79. The first-order chi connectivity index (χ1) is 11.7. The summed E-state index contributed by atoms with van der Waals surface area (Å²) in [5.41, 5.74) is 2.26. The first-order valence-electron chi connectivity index (χ1n) is 8.51. The molecule has 6 nitrogen and oxygen atoms in total. The van der Waals surface area contributed by atoms with E-state index in [1.54, 1.807) is 6.92 Å². The number of nitrogens with zero attached hydrogens (tertiary/aromatic N) is 3. The van der Waals surface area contributed by atoms with Crippen LogP contribution in [-0.4, -0.2) is 40.6 Å². The molecule has 1 amide bonds. The molecular formula is C18H21N3O3. The number of aryl methyl sites for hydroxylation is 1. The Labute approximate surface area is 140 Å². The maximum Gasteiger partial charge on any atom is 0.227 e. The van der Waals surface area contributed by atoms with E-state index in [2.05, 4.69) is 16.2 Å². The molecule has 24 heavy (non-hydrogen) atoms. The number of carbonyl (C=O) groups is 1. The molecule has 1 aromatic heterocycles. The largest absolute Gasteiger partial charge is 0.493 e. The van der Waals surface area contributed by atoms with Gasteiger partial charge in [-0.15, -0.1) is 0 Å². The van der Waals surface area contributed by atoms with Gasteiger partial charge in [0, 0.05) is 32.4 Å². The van der Waals surface area contributed by atoms with Gasteiger partial charge in [-0.05, 0) is 30.0 Å². The van der Waals surface area contributed by atoms with Crippen LogP contribution >= 0.6 is 0 Å². The van der Waals surface area contributed by atoms with Crippen LogP contribution in [-0.2, 0) is 17.6 Å². The molecular weight excluding hydrogens is 306 g/mol. The van der Waals surface area contributed by atoms with E-state index in [1.807, 2.05) is 17.0 Å². The van der Waals surface area contributed by atoms with Gasteiger partial charge in [0.15, 0.2) is 5.82 Å². The van der Waals surface area contributed by atoms with Crippen LogP contribution in [0.15, 0.2) is 22.7 Å². The fourth-order valence-electron chi connectivity index (χ4n) is 3.53. The van der Waals surface area contributed by atoms with Gasteiger partial charge >= 0.3 is 0 Å². The first-order valence-corrected chi connectivity index (χ1v) is 8.51. The number of likely N-dealkylation sites (tertiary alicyclic amines) is 1. The number of hydrogen-bond acceptors (Lipinski definition) is 5. The lowest BCUT2D eigenvalue weighted by molar-refractivity contribution is -0.131. The normalized spacial score (nSPS) is 19.9. The van der Waals surface area contributed by atoms with Crippen LogP contribution < -0.4 is 4.74 Å². The number of ether oxygens (including phenoxy) is 1. The zero-order valence-electron chi connectivity index (χ0n) is 13.8. The molecule has 3 heterocycles. The van der Waals surface area contributed by atoms with Crippen LogP contribution in [0.4, 0.5) is 0 Å². The molecule has 1 saturated heterocycles. The third kappa shape index (κ3) is 3.00. The summed E-state index contributed by atoms with van der Waals surface area (Å²) in [4.78, 5) is 18.9. The molecule has 126 valence electrons. The molecule has 2 aromatic rings. The number of benzene rings is 1. The third-order valence-corrected chi connectivity index (χ3v) is 4.79. The molecule has 0 N–H and O–H groups in total. The summed E-state index contributed by atoms with van der Waals surface area (Å²) < 4.78 is 10.6. The summed E-state index contributed by atoms with van der Waals surface area (Å²) in [6.45, 7) is 4.01. The summed E-state index contributed by atoms with van der Waals surface area (Å²) in [7, 11) is 0. The minimum atomic E-state index is 0.166. The van der Waals surface area contributed by atoms with Crippen molar-refractivity contribution in [2.45, 2.75) is 38.5 Å². The number of hydrogen-bond donors (Lipinski definition) is 0. The Morgan fingerprint density at radius 3 is 3.17 bits per heavy atom. The van der Waals surface area contributed by atoms with Gasteiger partial charge in [0.1, 0.15) is 5.75 Å². The minimum Gasteiger partial charge on any atom is -0.493 e. The van der Waals surface area contributed by atoms with Gasteiger partial charge < -0.3 is 14.2 Å². The van der Waals surface area contributed by atoms with Crippen LogP contribution in [0.25, 0.3) is 0 Å². The zero-order chi connectivity index (χ0) is 16.5. The second-order valence-corrected chi connectivity index (χ2v) is 6.57. The Hall–Kier alpha value is -2.37. The van der Waals surface area contributed by atoms with Crippen molar-refractivity contribution in [3.63, 3.8) is 0 Å². The fourth-order valence-corrected chi connectivity index (χ4v) is 3.53. The second kappa shape index (κ2) is 6.26. The Balaban J connectivity index is 1.42. The highest BCUT2D eigenvalue weighted by molar-refractivity contribution is 5.79. The van der Waals surface area contributed by atoms with Gasteiger partial charge in [-0.3, -0.25) is 4.79 Å². The van der Waals surface area contributed by atoms with Crippen molar-refractivity contribution in [2.75, 3.05) is 19.7 Å². The van der Waals surface area contributed by atoms with Crippen molar-refractivity contribution in [2.24, 2.45) is 0 Å². The number of carbonyl (C=O) groups excluding carboxylic acids is 1. The number of fused-ring (bicyclic) bond motifs is 1. The molecule has 6 heteroatoms. The lowest BCUT2D eigenvalue weighted by Gasteiger charge is -2.31. The minimum absolute atomic E-state index is 0.166. The maximum absolute atomic E-state index is 12.7. The Morgan fingerprint density at radius 1 is 1.42 bits per heavy atom. The lowest BCUT2D eigenvalue weighted by atomic mass is 9.96. The van der Waals surface area contributed by atoms with E-state index in [0.29, 0.717) is 18.9 Å². The van der Waals surface area contributed by atoms with Gasteiger partial charge in [-0.25, -0.2) is 0 Å². The monoisotopic (exact) mass is 327 g/mol. The molecule has 0 unspecified atom stereocenters. The van der Waals surface area contributed by atoms with E-state index in [1.165, 1.54) is 5.56 Å². The SMILES string of the molecule is Cc1nc([C@@H]2CCCN(C(=O)Cc3ccc4c(c3)CCO4)C2)no1. The maximum atomic E-state index is 12.7.